The minimum Gasteiger partial charge on any atom is -0.497 e. The van der Waals surface area contributed by atoms with Gasteiger partial charge in [-0.2, -0.15) is 0 Å². The van der Waals surface area contributed by atoms with E-state index in [9.17, 15) is 4.79 Å². The molecule has 1 aliphatic carbocycles. The summed E-state index contributed by atoms with van der Waals surface area (Å²) in [6.07, 6.45) is 2.99. The molecule has 5 heteroatoms. The van der Waals surface area contributed by atoms with E-state index in [0.29, 0.717) is 5.13 Å². The Balaban J connectivity index is 1.58. The number of thiazole rings is 1. The Bertz CT molecular complexity index is 903. The van der Waals surface area contributed by atoms with Crippen molar-refractivity contribution >= 4 is 32.6 Å². The number of benzene rings is 2. The summed E-state index contributed by atoms with van der Waals surface area (Å²) in [4.78, 5) is 17.3. The normalized spacial score (nSPS) is 16.6. The van der Waals surface area contributed by atoms with Crippen molar-refractivity contribution in [1.29, 1.82) is 0 Å². The molecule has 4 nitrogen and oxygen atoms in total. The van der Waals surface area contributed by atoms with Crippen LogP contribution in [0.4, 0.5) is 5.13 Å². The summed E-state index contributed by atoms with van der Waals surface area (Å²) >= 11 is 1.48. The van der Waals surface area contributed by atoms with E-state index >= 15 is 0 Å². The van der Waals surface area contributed by atoms with Gasteiger partial charge in [0, 0.05) is 0 Å². The van der Waals surface area contributed by atoms with Crippen LogP contribution in [0.15, 0.2) is 42.5 Å². The number of rotatable bonds is 3. The van der Waals surface area contributed by atoms with E-state index in [0.717, 1.165) is 40.8 Å². The van der Waals surface area contributed by atoms with Crippen molar-refractivity contribution in [2.24, 2.45) is 0 Å². The predicted molar refractivity (Wildman–Crippen MR) is 96.9 cm³/mol. The summed E-state index contributed by atoms with van der Waals surface area (Å²) in [6, 6.07) is 14.0. The van der Waals surface area contributed by atoms with Gasteiger partial charge in [0.05, 0.1) is 23.2 Å². The standard InChI is InChI=1S/C19H18N2O2S/c1-23-13-9-10-16-17(11-13)24-19(20-16)21-18(22)15-8-4-6-12-5-2-3-7-14(12)15/h2-3,5,7,9-11,15H,4,6,8H2,1H3,(H,20,21,22). The van der Waals surface area contributed by atoms with E-state index in [1.165, 1.54) is 16.9 Å². The van der Waals surface area contributed by atoms with Gasteiger partial charge < -0.3 is 10.1 Å². The molecule has 1 unspecified atom stereocenters. The highest BCUT2D eigenvalue weighted by atomic mass is 32.1. The van der Waals surface area contributed by atoms with Gasteiger partial charge in [0.25, 0.3) is 0 Å². The van der Waals surface area contributed by atoms with Crippen molar-refractivity contribution in [3.8, 4) is 5.75 Å². The highest BCUT2D eigenvalue weighted by molar-refractivity contribution is 7.22. The number of hydrogen-bond donors (Lipinski definition) is 1. The van der Waals surface area contributed by atoms with E-state index in [2.05, 4.69) is 22.4 Å². The summed E-state index contributed by atoms with van der Waals surface area (Å²) < 4.78 is 6.25. The molecule has 1 heterocycles. The van der Waals surface area contributed by atoms with E-state index in [1.54, 1.807) is 7.11 Å². The van der Waals surface area contributed by atoms with Crippen LogP contribution in [0.2, 0.25) is 0 Å². The second-order valence-corrected chi connectivity index (χ2v) is 7.02. The molecule has 1 amide bonds. The fourth-order valence-corrected chi connectivity index (χ4v) is 4.20. The van der Waals surface area contributed by atoms with Gasteiger partial charge in [-0.25, -0.2) is 4.98 Å². The van der Waals surface area contributed by atoms with Crippen molar-refractivity contribution in [2.75, 3.05) is 12.4 Å². The zero-order chi connectivity index (χ0) is 16.5. The zero-order valence-corrected chi connectivity index (χ0v) is 14.2. The Kier molecular flexibility index (Phi) is 3.94. The Hall–Kier alpha value is -2.40. The lowest BCUT2D eigenvalue weighted by molar-refractivity contribution is -0.117. The molecular formula is C19H18N2O2S. The van der Waals surface area contributed by atoms with Crippen LogP contribution in [0.1, 0.15) is 29.9 Å². The van der Waals surface area contributed by atoms with Gasteiger partial charge in [0.2, 0.25) is 5.91 Å². The summed E-state index contributed by atoms with van der Waals surface area (Å²) in [6.45, 7) is 0. The Labute approximate surface area is 144 Å². The molecule has 122 valence electrons. The number of aromatic nitrogens is 1. The number of carbonyl (C=O) groups is 1. The van der Waals surface area contributed by atoms with Crippen LogP contribution in [0, 0.1) is 0 Å². The Morgan fingerprint density at radius 3 is 3.04 bits per heavy atom. The lowest BCUT2D eigenvalue weighted by Crippen LogP contribution is -2.24. The van der Waals surface area contributed by atoms with Crippen molar-refractivity contribution < 1.29 is 9.53 Å². The smallest absolute Gasteiger partial charge is 0.233 e. The molecule has 1 aromatic heterocycles. The number of fused-ring (bicyclic) bond motifs is 2. The average Bonchev–Trinajstić information content (AvgIpc) is 3.02. The van der Waals surface area contributed by atoms with Gasteiger partial charge >= 0.3 is 0 Å². The molecule has 1 N–H and O–H groups in total. The third-order valence-corrected chi connectivity index (χ3v) is 5.45. The van der Waals surface area contributed by atoms with Crippen LogP contribution in [-0.4, -0.2) is 18.0 Å². The molecule has 0 saturated heterocycles. The Morgan fingerprint density at radius 1 is 1.29 bits per heavy atom. The summed E-state index contributed by atoms with van der Waals surface area (Å²) in [5, 5.41) is 3.65. The average molecular weight is 338 g/mol. The first-order valence-corrected chi connectivity index (χ1v) is 8.89. The van der Waals surface area contributed by atoms with E-state index < -0.39 is 0 Å². The number of amides is 1. The second kappa shape index (κ2) is 6.24. The van der Waals surface area contributed by atoms with E-state index in [4.69, 9.17) is 4.74 Å². The number of anilines is 1. The summed E-state index contributed by atoms with van der Waals surface area (Å²) in [7, 11) is 1.64. The topological polar surface area (TPSA) is 51.2 Å². The maximum Gasteiger partial charge on any atom is 0.233 e. The fourth-order valence-electron chi connectivity index (χ4n) is 3.30. The first-order valence-electron chi connectivity index (χ1n) is 8.08. The predicted octanol–water partition coefficient (Wildman–Crippen LogP) is 4.36. The largest absolute Gasteiger partial charge is 0.497 e. The molecule has 1 atom stereocenters. The van der Waals surface area contributed by atoms with E-state index in [1.807, 2.05) is 30.3 Å². The highest BCUT2D eigenvalue weighted by Gasteiger charge is 2.26. The molecule has 4 rings (SSSR count). The van der Waals surface area contributed by atoms with Crippen LogP contribution >= 0.6 is 11.3 Å². The lowest BCUT2D eigenvalue weighted by Gasteiger charge is -2.24. The summed E-state index contributed by atoms with van der Waals surface area (Å²) in [5.41, 5.74) is 3.32. The van der Waals surface area contributed by atoms with Crippen LogP contribution in [-0.2, 0) is 11.2 Å². The van der Waals surface area contributed by atoms with E-state index in [-0.39, 0.29) is 11.8 Å². The van der Waals surface area contributed by atoms with Crippen molar-refractivity contribution in [3.63, 3.8) is 0 Å². The molecule has 0 saturated carbocycles. The molecule has 0 fully saturated rings. The number of nitrogens with one attached hydrogen (secondary N) is 1. The molecule has 24 heavy (non-hydrogen) atoms. The number of methoxy groups -OCH3 is 1. The third kappa shape index (κ3) is 2.76. The second-order valence-electron chi connectivity index (χ2n) is 5.99. The molecule has 1 aliphatic rings. The van der Waals surface area contributed by atoms with Crippen LogP contribution in [0.25, 0.3) is 10.2 Å². The van der Waals surface area contributed by atoms with Gasteiger partial charge in [-0.15, -0.1) is 0 Å². The van der Waals surface area contributed by atoms with Gasteiger partial charge in [-0.3, -0.25) is 4.79 Å². The van der Waals surface area contributed by atoms with Gasteiger partial charge in [-0.05, 0) is 48.6 Å². The molecule has 0 spiro atoms. The Morgan fingerprint density at radius 2 is 2.17 bits per heavy atom. The zero-order valence-electron chi connectivity index (χ0n) is 13.4. The third-order valence-electron chi connectivity index (χ3n) is 4.51. The maximum absolute atomic E-state index is 12.8. The molecule has 0 bridgehead atoms. The maximum atomic E-state index is 12.8. The lowest BCUT2D eigenvalue weighted by atomic mass is 9.82. The summed E-state index contributed by atoms with van der Waals surface area (Å²) in [5.74, 6) is 0.745. The first-order chi connectivity index (χ1) is 11.7. The van der Waals surface area contributed by atoms with Crippen LogP contribution < -0.4 is 10.1 Å². The first kappa shape index (κ1) is 15.1. The quantitative estimate of drug-likeness (QED) is 0.772. The number of nitrogens with zero attached hydrogens (tertiary/aromatic N) is 1. The van der Waals surface area contributed by atoms with Crippen LogP contribution in [0.3, 0.4) is 0 Å². The molecule has 0 aliphatic heterocycles. The van der Waals surface area contributed by atoms with Gasteiger partial charge in [0.1, 0.15) is 5.75 Å². The van der Waals surface area contributed by atoms with Gasteiger partial charge in [0.15, 0.2) is 5.13 Å². The molecular weight excluding hydrogens is 320 g/mol. The number of aryl methyl sites for hydroxylation is 1. The minimum atomic E-state index is -0.0866. The molecule has 0 radical (unpaired) electrons. The number of hydrogen-bond acceptors (Lipinski definition) is 4. The SMILES string of the molecule is COc1ccc2nc(NC(=O)C3CCCc4ccccc43)sc2c1. The minimum absolute atomic E-state index is 0.0353. The molecule has 3 aromatic rings. The fraction of sp³-hybridized carbons (Fsp3) is 0.263. The number of ether oxygens (including phenoxy) is 1. The van der Waals surface area contributed by atoms with Crippen molar-refractivity contribution in [1.82, 2.24) is 4.98 Å². The monoisotopic (exact) mass is 338 g/mol. The molecule has 2 aromatic carbocycles. The highest BCUT2D eigenvalue weighted by Crippen LogP contribution is 2.34. The van der Waals surface area contributed by atoms with Crippen LogP contribution in [0.5, 0.6) is 5.75 Å². The van der Waals surface area contributed by atoms with Crippen molar-refractivity contribution in [3.05, 3.63) is 53.6 Å². The van der Waals surface area contributed by atoms with Gasteiger partial charge in [-0.1, -0.05) is 35.6 Å². The number of carbonyl (C=O) groups excluding carboxylic acids is 1. The van der Waals surface area contributed by atoms with Crippen molar-refractivity contribution in [2.45, 2.75) is 25.2 Å².